The van der Waals surface area contributed by atoms with E-state index in [1.54, 1.807) is 30.3 Å². The molecule has 0 radical (unpaired) electrons. The molecule has 0 unspecified atom stereocenters. The van der Waals surface area contributed by atoms with E-state index in [1.807, 2.05) is 6.07 Å². The molecule has 104 valence electrons. The fourth-order valence-corrected chi connectivity index (χ4v) is 2.06. The summed E-state index contributed by atoms with van der Waals surface area (Å²) in [6.07, 6.45) is 2.40. The molecule has 2 aromatic carbocycles. The summed E-state index contributed by atoms with van der Waals surface area (Å²) in [5.74, 6) is 0.216. The van der Waals surface area contributed by atoms with E-state index < -0.39 is 5.82 Å². The molecular weight excluding hydrogens is 277 g/mol. The molecule has 0 saturated heterocycles. The van der Waals surface area contributed by atoms with Crippen molar-refractivity contribution in [1.29, 1.82) is 0 Å². The maximum Gasteiger partial charge on any atom is 0.148 e. The Balaban J connectivity index is 2.18. The molecule has 2 aromatic rings. The molecule has 2 nitrogen and oxygen atoms in total. The molecule has 0 aliphatic carbocycles. The Morgan fingerprint density at radius 1 is 1.25 bits per heavy atom. The second-order valence-electron chi connectivity index (χ2n) is 4.36. The number of allylic oxidation sites excluding steroid dienone is 1. The van der Waals surface area contributed by atoms with Crippen LogP contribution in [0.1, 0.15) is 11.1 Å². The molecule has 20 heavy (non-hydrogen) atoms. The average molecular weight is 292 g/mol. The van der Waals surface area contributed by atoms with Gasteiger partial charge in [0.15, 0.2) is 0 Å². The van der Waals surface area contributed by atoms with Crippen LogP contribution in [0.15, 0.2) is 49.1 Å². The van der Waals surface area contributed by atoms with Crippen LogP contribution in [0.25, 0.3) is 0 Å². The zero-order valence-electron chi connectivity index (χ0n) is 10.9. The standard InChI is InChI=1S/C16H15ClFNO/c1-2-4-11-9-13(19)7-8-15(11)20-10-12-5-3-6-14(17)16(12)18/h2-3,5-9H,1,4,10,19H2. The predicted octanol–water partition coefficient (Wildman–Crippen LogP) is 4.37. The normalized spacial score (nSPS) is 10.3. The minimum Gasteiger partial charge on any atom is -0.488 e. The van der Waals surface area contributed by atoms with Crippen LogP contribution in [-0.4, -0.2) is 0 Å². The maximum absolute atomic E-state index is 13.8. The third-order valence-electron chi connectivity index (χ3n) is 2.86. The summed E-state index contributed by atoms with van der Waals surface area (Å²) in [5, 5.41) is 0.0923. The smallest absolute Gasteiger partial charge is 0.148 e. The van der Waals surface area contributed by atoms with Crippen LogP contribution in [0.3, 0.4) is 0 Å². The third-order valence-corrected chi connectivity index (χ3v) is 3.16. The van der Waals surface area contributed by atoms with Crippen molar-refractivity contribution in [2.45, 2.75) is 13.0 Å². The number of nitrogen functional groups attached to an aromatic ring is 1. The van der Waals surface area contributed by atoms with Gasteiger partial charge in [0.2, 0.25) is 0 Å². The molecule has 0 heterocycles. The molecule has 4 heteroatoms. The molecule has 0 fully saturated rings. The lowest BCUT2D eigenvalue weighted by molar-refractivity contribution is 0.297. The zero-order chi connectivity index (χ0) is 14.5. The van der Waals surface area contributed by atoms with Crippen molar-refractivity contribution in [3.05, 3.63) is 71.0 Å². The average Bonchev–Trinajstić information content (AvgIpc) is 2.42. The second-order valence-corrected chi connectivity index (χ2v) is 4.77. The number of benzene rings is 2. The number of ether oxygens (including phenoxy) is 1. The molecule has 0 aliphatic heterocycles. The van der Waals surface area contributed by atoms with Gasteiger partial charge in [-0.1, -0.05) is 29.8 Å². The molecule has 0 bridgehead atoms. The van der Waals surface area contributed by atoms with Crippen molar-refractivity contribution in [3.63, 3.8) is 0 Å². The molecule has 0 saturated carbocycles. The van der Waals surface area contributed by atoms with Gasteiger partial charge in [0, 0.05) is 11.3 Å². The summed E-state index contributed by atoms with van der Waals surface area (Å²) in [6.45, 7) is 3.81. The number of anilines is 1. The molecule has 2 N–H and O–H groups in total. The SMILES string of the molecule is C=CCc1cc(N)ccc1OCc1cccc(Cl)c1F. The van der Waals surface area contributed by atoms with Gasteiger partial charge in [0.05, 0.1) is 5.02 Å². The van der Waals surface area contributed by atoms with E-state index in [0.717, 1.165) is 5.56 Å². The Morgan fingerprint density at radius 3 is 2.80 bits per heavy atom. The summed E-state index contributed by atoms with van der Waals surface area (Å²) in [7, 11) is 0. The minimum absolute atomic E-state index is 0.0923. The van der Waals surface area contributed by atoms with Crippen molar-refractivity contribution in [2.24, 2.45) is 0 Å². The lowest BCUT2D eigenvalue weighted by Gasteiger charge is -2.12. The van der Waals surface area contributed by atoms with Gasteiger partial charge in [-0.3, -0.25) is 0 Å². The summed E-state index contributed by atoms with van der Waals surface area (Å²) in [5.41, 5.74) is 7.73. The fourth-order valence-electron chi connectivity index (χ4n) is 1.87. The first-order chi connectivity index (χ1) is 9.61. The van der Waals surface area contributed by atoms with Crippen LogP contribution in [0, 0.1) is 5.82 Å². The summed E-state index contributed by atoms with van der Waals surface area (Å²) in [4.78, 5) is 0. The topological polar surface area (TPSA) is 35.2 Å². The zero-order valence-corrected chi connectivity index (χ0v) is 11.7. The Hall–Kier alpha value is -2.00. The van der Waals surface area contributed by atoms with Gasteiger partial charge in [-0.25, -0.2) is 4.39 Å². The molecule has 0 aliphatic rings. The lowest BCUT2D eigenvalue weighted by Crippen LogP contribution is -2.01. The number of rotatable bonds is 5. The summed E-state index contributed by atoms with van der Waals surface area (Å²) < 4.78 is 19.4. The van der Waals surface area contributed by atoms with E-state index in [1.165, 1.54) is 6.07 Å². The molecule has 2 rings (SSSR count). The molecule has 0 atom stereocenters. The van der Waals surface area contributed by atoms with Crippen molar-refractivity contribution in [3.8, 4) is 5.75 Å². The minimum atomic E-state index is -0.449. The highest BCUT2D eigenvalue weighted by Gasteiger charge is 2.08. The van der Waals surface area contributed by atoms with Crippen LogP contribution >= 0.6 is 11.6 Å². The largest absolute Gasteiger partial charge is 0.488 e. The monoisotopic (exact) mass is 291 g/mol. The van der Waals surface area contributed by atoms with E-state index in [4.69, 9.17) is 22.1 Å². The number of hydrogen-bond donors (Lipinski definition) is 1. The summed E-state index contributed by atoms with van der Waals surface area (Å²) >= 11 is 5.74. The number of hydrogen-bond acceptors (Lipinski definition) is 2. The Morgan fingerprint density at radius 2 is 2.05 bits per heavy atom. The first-order valence-corrected chi connectivity index (χ1v) is 6.54. The van der Waals surface area contributed by atoms with E-state index >= 15 is 0 Å². The van der Waals surface area contributed by atoms with E-state index in [0.29, 0.717) is 23.4 Å². The van der Waals surface area contributed by atoms with Crippen LogP contribution < -0.4 is 10.5 Å². The van der Waals surface area contributed by atoms with E-state index in [-0.39, 0.29) is 11.6 Å². The van der Waals surface area contributed by atoms with Crippen molar-refractivity contribution >= 4 is 17.3 Å². The van der Waals surface area contributed by atoms with Gasteiger partial charge in [0.25, 0.3) is 0 Å². The van der Waals surface area contributed by atoms with Crippen molar-refractivity contribution < 1.29 is 9.13 Å². The highest BCUT2D eigenvalue weighted by Crippen LogP contribution is 2.25. The lowest BCUT2D eigenvalue weighted by atomic mass is 10.1. The third kappa shape index (κ3) is 3.31. The second kappa shape index (κ2) is 6.44. The van der Waals surface area contributed by atoms with Crippen molar-refractivity contribution in [1.82, 2.24) is 0 Å². The first kappa shape index (κ1) is 14.4. The Labute approximate surface area is 122 Å². The van der Waals surface area contributed by atoms with Gasteiger partial charge >= 0.3 is 0 Å². The van der Waals surface area contributed by atoms with Crippen LogP contribution in [0.4, 0.5) is 10.1 Å². The predicted molar refractivity (Wildman–Crippen MR) is 80.5 cm³/mol. The maximum atomic E-state index is 13.8. The molecule has 0 aromatic heterocycles. The number of nitrogens with two attached hydrogens (primary N) is 1. The molecule has 0 amide bonds. The van der Waals surface area contributed by atoms with E-state index in [2.05, 4.69) is 6.58 Å². The van der Waals surface area contributed by atoms with Gasteiger partial charge in [-0.05, 0) is 36.2 Å². The Kier molecular flexibility index (Phi) is 4.64. The quantitative estimate of drug-likeness (QED) is 0.656. The summed E-state index contributed by atoms with van der Waals surface area (Å²) in [6, 6.07) is 10.2. The van der Waals surface area contributed by atoms with Gasteiger partial charge in [-0.15, -0.1) is 6.58 Å². The highest BCUT2D eigenvalue weighted by atomic mass is 35.5. The van der Waals surface area contributed by atoms with Crippen molar-refractivity contribution in [2.75, 3.05) is 5.73 Å². The number of halogens is 2. The highest BCUT2D eigenvalue weighted by molar-refractivity contribution is 6.30. The fraction of sp³-hybridized carbons (Fsp3) is 0.125. The Bertz CT molecular complexity index is 628. The van der Waals surface area contributed by atoms with Crippen LogP contribution in [-0.2, 0) is 13.0 Å². The molecular formula is C16H15ClFNO. The van der Waals surface area contributed by atoms with Gasteiger partial charge in [0.1, 0.15) is 18.2 Å². The molecule has 0 spiro atoms. The first-order valence-electron chi connectivity index (χ1n) is 6.17. The van der Waals surface area contributed by atoms with E-state index in [9.17, 15) is 4.39 Å². The van der Waals surface area contributed by atoms with Crippen LogP contribution in [0.2, 0.25) is 5.02 Å². The van der Waals surface area contributed by atoms with Crippen LogP contribution in [0.5, 0.6) is 5.75 Å². The van der Waals surface area contributed by atoms with Gasteiger partial charge in [-0.2, -0.15) is 0 Å². The van der Waals surface area contributed by atoms with Gasteiger partial charge < -0.3 is 10.5 Å².